The molecule has 0 radical (unpaired) electrons. The number of nitrogens with one attached hydrogen (secondary N) is 1. The lowest BCUT2D eigenvalue weighted by molar-refractivity contribution is -0.120. The van der Waals surface area contributed by atoms with Gasteiger partial charge in [-0.25, -0.2) is 0 Å². The van der Waals surface area contributed by atoms with E-state index in [2.05, 4.69) is 11.6 Å². The Balaban J connectivity index is 2.18. The minimum Gasteiger partial charge on any atom is -0.399 e. The SMILES string of the molecule is CSCCCCNC(=O)Cc1ccc(N)cc1. The predicted octanol–water partition coefficient (Wildman–Crippen LogP) is 2.07. The molecule has 4 heteroatoms. The van der Waals surface area contributed by atoms with Crippen molar-refractivity contribution in [2.24, 2.45) is 0 Å². The second-order valence-electron chi connectivity index (χ2n) is 3.97. The number of carbonyl (C=O) groups excluding carboxylic acids is 1. The molecule has 0 aromatic heterocycles. The van der Waals surface area contributed by atoms with Gasteiger partial charge in [0.15, 0.2) is 0 Å². The number of nitrogen functional groups attached to an aromatic ring is 1. The van der Waals surface area contributed by atoms with Gasteiger partial charge in [-0.2, -0.15) is 11.8 Å². The number of carbonyl (C=O) groups is 1. The van der Waals surface area contributed by atoms with Gasteiger partial charge in [-0.3, -0.25) is 4.79 Å². The van der Waals surface area contributed by atoms with E-state index in [1.54, 1.807) is 0 Å². The molecule has 1 amide bonds. The number of anilines is 1. The number of nitrogens with two attached hydrogens (primary N) is 1. The number of unbranched alkanes of at least 4 members (excludes halogenated alkanes) is 1. The van der Waals surface area contributed by atoms with Gasteiger partial charge in [0.1, 0.15) is 0 Å². The van der Waals surface area contributed by atoms with Crippen molar-refractivity contribution in [2.75, 3.05) is 24.3 Å². The number of hydrogen-bond donors (Lipinski definition) is 2. The average molecular weight is 252 g/mol. The van der Waals surface area contributed by atoms with E-state index in [-0.39, 0.29) is 5.91 Å². The van der Waals surface area contributed by atoms with Gasteiger partial charge in [-0.05, 0) is 42.5 Å². The van der Waals surface area contributed by atoms with E-state index in [1.165, 1.54) is 0 Å². The van der Waals surface area contributed by atoms with Crippen molar-refractivity contribution in [1.82, 2.24) is 5.32 Å². The van der Waals surface area contributed by atoms with E-state index < -0.39 is 0 Å². The number of benzene rings is 1. The van der Waals surface area contributed by atoms with Crippen molar-refractivity contribution < 1.29 is 4.79 Å². The van der Waals surface area contributed by atoms with Crippen LogP contribution in [0.4, 0.5) is 5.69 Å². The topological polar surface area (TPSA) is 55.1 Å². The molecule has 0 atom stereocenters. The summed E-state index contributed by atoms with van der Waals surface area (Å²) in [5, 5.41) is 2.93. The first-order valence-corrected chi connectivity index (χ1v) is 7.22. The summed E-state index contributed by atoms with van der Waals surface area (Å²) in [6.07, 6.45) is 4.74. The van der Waals surface area contributed by atoms with Crippen LogP contribution in [0.5, 0.6) is 0 Å². The molecule has 0 spiro atoms. The van der Waals surface area contributed by atoms with Gasteiger partial charge in [-0.15, -0.1) is 0 Å². The predicted molar refractivity (Wildman–Crippen MR) is 75.2 cm³/mol. The van der Waals surface area contributed by atoms with Crippen LogP contribution in [0.3, 0.4) is 0 Å². The van der Waals surface area contributed by atoms with E-state index in [0.29, 0.717) is 6.42 Å². The molecule has 3 N–H and O–H groups in total. The smallest absolute Gasteiger partial charge is 0.224 e. The van der Waals surface area contributed by atoms with Gasteiger partial charge in [0.2, 0.25) is 5.91 Å². The number of thioether (sulfide) groups is 1. The first-order chi connectivity index (χ1) is 8.22. The number of rotatable bonds is 7. The first kappa shape index (κ1) is 13.9. The molecule has 0 aliphatic heterocycles. The highest BCUT2D eigenvalue weighted by Crippen LogP contribution is 2.06. The molecule has 0 aliphatic rings. The lowest BCUT2D eigenvalue weighted by atomic mass is 10.1. The molecular formula is C13H20N2OS. The van der Waals surface area contributed by atoms with Crippen molar-refractivity contribution in [2.45, 2.75) is 19.3 Å². The third-order valence-electron chi connectivity index (χ3n) is 2.44. The Morgan fingerprint density at radius 3 is 2.65 bits per heavy atom. The Hall–Kier alpha value is -1.16. The monoisotopic (exact) mass is 252 g/mol. The molecule has 1 aromatic rings. The lowest BCUT2D eigenvalue weighted by Gasteiger charge is -2.05. The maximum Gasteiger partial charge on any atom is 0.224 e. The molecule has 0 fully saturated rings. The van der Waals surface area contributed by atoms with Gasteiger partial charge in [0.25, 0.3) is 0 Å². The summed E-state index contributed by atoms with van der Waals surface area (Å²) >= 11 is 1.84. The van der Waals surface area contributed by atoms with Gasteiger partial charge in [-0.1, -0.05) is 12.1 Å². The summed E-state index contributed by atoms with van der Waals surface area (Å²) in [6, 6.07) is 7.42. The Kier molecular flexibility index (Phi) is 6.55. The highest BCUT2D eigenvalue weighted by molar-refractivity contribution is 7.98. The fraction of sp³-hybridized carbons (Fsp3) is 0.462. The second kappa shape index (κ2) is 8.01. The van der Waals surface area contributed by atoms with Crippen LogP contribution in [-0.2, 0) is 11.2 Å². The zero-order valence-corrected chi connectivity index (χ0v) is 11.1. The quantitative estimate of drug-likeness (QED) is 0.577. The Bertz CT molecular complexity index is 338. The molecule has 0 bridgehead atoms. The minimum atomic E-state index is 0.0823. The Morgan fingerprint density at radius 2 is 2.00 bits per heavy atom. The summed E-state index contributed by atoms with van der Waals surface area (Å²) in [6.45, 7) is 0.772. The standard InChI is InChI=1S/C13H20N2OS/c1-17-9-3-2-8-15-13(16)10-11-4-6-12(14)7-5-11/h4-7H,2-3,8-10,14H2,1H3,(H,15,16). The maximum atomic E-state index is 11.6. The van der Waals surface area contributed by atoms with Crippen LogP contribution < -0.4 is 11.1 Å². The van der Waals surface area contributed by atoms with E-state index in [1.807, 2.05) is 36.0 Å². The summed E-state index contributed by atoms with van der Waals surface area (Å²) in [7, 11) is 0. The second-order valence-corrected chi connectivity index (χ2v) is 4.95. The Morgan fingerprint density at radius 1 is 1.29 bits per heavy atom. The van der Waals surface area contributed by atoms with Crippen LogP contribution in [0.25, 0.3) is 0 Å². The van der Waals surface area contributed by atoms with Crippen molar-refractivity contribution in [3.8, 4) is 0 Å². The first-order valence-electron chi connectivity index (χ1n) is 5.82. The summed E-state index contributed by atoms with van der Waals surface area (Å²) < 4.78 is 0. The number of amides is 1. The molecule has 0 saturated carbocycles. The molecule has 0 heterocycles. The van der Waals surface area contributed by atoms with Gasteiger partial charge in [0.05, 0.1) is 6.42 Å². The van der Waals surface area contributed by atoms with E-state index >= 15 is 0 Å². The minimum absolute atomic E-state index is 0.0823. The molecular weight excluding hydrogens is 232 g/mol. The summed E-state index contributed by atoms with van der Waals surface area (Å²) in [5.74, 6) is 1.24. The van der Waals surface area contributed by atoms with Crippen molar-refractivity contribution in [3.63, 3.8) is 0 Å². The molecule has 1 rings (SSSR count). The maximum absolute atomic E-state index is 11.6. The molecule has 0 aliphatic carbocycles. The summed E-state index contributed by atoms with van der Waals surface area (Å²) in [5.41, 5.74) is 7.31. The molecule has 1 aromatic carbocycles. The normalized spacial score (nSPS) is 10.2. The van der Waals surface area contributed by atoms with E-state index in [0.717, 1.165) is 36.4 Å². The van der Waals surface area contributed by atoms with E-state index in [9.17, 15) is 4.79 Å². The molecule has 3 nitrogen and oxygen atoms in total. The van der Waals surface area contributed by atoms with Crippen molar-refractivity contribution in [1.29, 1.82) is 0 Å². The van der Waals surface area contributed by atoms with Gasteiger partial charge < -0.3 is 11.1 Å². The summed E-state index contributed by atoms with van der Waals surface area (Å²) in [4.78, 5) is 11.6. The zero-order chi connectivity index (χ0) is 12.5. The van der Waals surface area contributed by atoms with Crippen LogP contribution >= 0.6 is 11.8 Å². The highest BCUT2D eigenvalue weighted by Gasteiger charge is 2.02. The van der Waals surface area contributed by atoms with Crippen LogP contribution in [-0.4, -0.2) is 24.5 Å². The van der Waals surface area contributed by atoms with Gasteiger partial charge >= 0.3 is 0 Å². The van der Waals surface area contributed by atoms with Crippen LogP contribution in [0.15, 0.2) is 24.3 Å². The van der Waals surface area contributed by atoms with E-state index in [4.69, 9.17) is 5.73 Å². The Labute approximate surface area is 107 Å². The molecule has 17 heavy (non-hydrogen) atoms. The third-order valence-corrected chi connectivity index (χ3v) is 3.14. The molecule has 0 saturated heterocycles. The largest absolute Gasteiger partial charge is 0.399 e. The fourth-order valence-corrected chi connectivity index (χ4v) is 1.98. The zero-order valence-electron chi connectivity index (χ0n) is 10.2. The van der Waals surface area contributed by atoms with Crippen LogP contribution in [0, 0.1) is 0 Å². The highest BCUT2D eigenvalue weighted by atomic mass is 32.2. The molecule has 0 unspecified atom stereocenters. The van der Waals surface area contributed by atoms with Crippen molar-refractivity contribution >= 4 is 23.4 Å². The van der Waals surface area contributed by atoms with Crippen LogP contribution in [0.2, 0.25) is 0 Å². The fourth-order valence-electron chi connectivity index (χ4n) is 1.48. The lowest BCUT2D eigenvalue weighted by Crippen LogP contribution is -2.26. The molecule has 94 valence electrons. The number of hydrogen-bond acceptors (Lipinski definition) is 3. The van der Waals surface area contributed by atoms with Crippen molar-refractivity contribution in [3.05, 3.63) is 29.8 Å². The third kappa shape index (κ3) is 6.22. The average Bonchev–Trinajstić information content (AvgIpc) is 2.32. The van der Waals surface area contributed by atoms with Gasteiger partial charge in [0, 0.05) is 12.2 Å². The van der Waals surface area contributed by atoms with Crippen LogP contribution in [0.1, 0.15) is 18.4 Å².